The Kier molecular flexibility index (Phi) is 3.34. The summed E-state index contributed by atoms with van der Waals surface area (Å²) in [5.74, 6) is -0.341. The zero-order chi connectivity index (χ0) is 13.2. The second-order valence-electron chi connectivity index (χ2n) is 4.54. The Labute approximate surface area is 104 Å². The Bertz CT molecular complexity index is 494. The van der Waals surface area contributed by atoms with Gasteiger partial charge in [0.05, 0.1) is 13.2 Å². The number of nitriles is 1. The average molecular weight is 251 g/mol. The van der Waals surface area contributed by atoms with Crippen LogP contribution in [0.3, 0.4) is 0 Å². The van der Waals surface area contributed by atoms with Crippen LogP contribution in [0.1, 0.15) is 29.0 Å². The summed E-state index contributed by atoms with van der Waals surface area (Å²) in [6, 6.07) is 4.91. The van der Waals surface area contributed by atoms with Crippen molar-refractivity contribution in [1.29, 1.82) is 5.26 Å². The number of aliphatic hydroxyl groups is 1. The summed E-state index contributed by atoms with van der Waals surface area (Å²) in [7, 11) is 0. The summed E-state index contributed by atoms with van der Waals surface area (Å²) in [5.41, 5.74) is -1.14. The maximum Gasteiger partial charge on any atom is 0.270 e. The van der Waals surface area contributed by atoms with Crippen LogP contribution >= 0.6 is 0 Å². The summed E-state index contributed by atoms with van der Waals surface area (Å²) in [4.78, 5) is 16.1. The van der Waals surface area contributed by atoms with E-state index in [9.17, 15) is 9.18 Å². The molecule has 0 bridgehead atoms. The van der Waals surface area contributed by atoms with E-state index < -0.39 is 12.3 Å². The average Bonchev–Trinajstić information content (AvgIpc) is 2.86. The predicted molar refractivity (Wildman–Crippen MR) is 61.6 cm³/mol. The normalized spacial score (nSPS) is 23.7. The molecule has 0 aromatic carbocycles. The summed E-state index contributed by atoms with van der Waals surface area (Å²) < 4.78 is 14.0. The maximum absolute atomic E-state index is 14.0. The molecule has 96 valence electrons. The van der Waals surface area contributed by atoms with Gasteiger partial charge in [0, 0.05) is 6.54 Å². The summed E-state index contributed by atoms with van der Waals surface area (Å²) >= 11 is 0. The predicted octanol–water partition coefficient (Wildman–Crippen LogP) is 0.823. The highest BCUT2D eigenvalue weighted by atomic mass is 19.1. The van der Waals surface area contributed by atoms with Crippen molar-refractivity contribution in [2.75, 3.05) is 19.7 Å². The van der Waals surface area contributed by atoms with Crippen LogP contribution in [0.5, 0.6) is 0 Å². The molecule has 2 heterocycles. The van der Waals surface area contributed by atoms with Gasteiger partial charge in [-0.3, -0.25) is 4.79 Å². The fraction of sp³-hybridized carbons (Fsp3) is 0.500. The van der Waals surface area contributed by atoms with Crippen LogP contribution in [-0.4, -0.2) is 46.3 Å². The molecule has 0 aliphatic carbocycles. The van der Waals surface area contributed by atoms with Crippen LogP contribution in [0, 0.1) is 11.3 Å². The number of hydrogen-bond donors (Lipinski definition) is 2. The van der Waals surface area contributed by atoms with Crippen LogP contribution in [0.15, 0.2) is 12.1 Å². The quantitative estimate of drug-likeness (QED) is 0.816. The molecule has 6 heteroatoms. The zero-order valence-electron chi connectivity index (χ0n) is 9.82. The molecule has 1 aliphatic heterocycles. The Morgan fingerprint density at radius 3 is 3.06 bits per heavy atom. The molecule has 1 aromatic rings. The number of H-pyrrole nitrogens is 1. The smallest absolute Gasteiger partial charge is 0.270 e. The van der Waals surface area contributed by atoms with Gasteiger partial charge in [-0.1, -0.05) is 0 Å². The number of alkyl halides is 1. The lowest BCUT2D eigenvalue weighted by molar-refractivity contribution is 0.00154. The number of halogens is 1. The van der Waals surface area contributed by atoms with E-state index in [2.05, 4.69) is 4.98 Å². The molecule has 5 nitrogen and oxygen atoms in total. The second kappa shape index (κ2) is 4.78. The number of rotatable bonds is 2. The summed E-state index contributed by atoms with van der Waals surface area (Å²) in [6.07, 6.45) is 0.788. The van der Waals surface area contributed by atoms with Crippen molar-refractivity contribution in [2.24, 2.45) is 0 Å². The van der Waals surface area contributed by atoms with Gasteiger partial charge in [-0.25, -0.2) is 4.39 Å². The fourth-order valence-electron chi connectivity index (χ4n) is 2.14. The van der Waals surface area contributed by atoms with Gasteiger partial charge in [0.25, 0.3) is 5.91 Å². The van der Waals surface area contributed by atoms with Crippen molar-refractivity contribution >= 4 is 5.91 Å². The first-order valence-electron chi connectivity index (χ1n) is 5.76. The topological polar surface area (TPSA) is 80.1 Å². The number of amides is 1. The molecule has 1 aliphatic rings. The largest absolute Gasteiger partial charge is 0.393 e. The van der Waals surface area contributed by atoms with Gasteiger partial charge < -0.3 is 15.0 Å². The third-order valence-corrected chi connectivity index (χ3v) is 3.13. The molecule has 18 heavy (non-hydrogen) atoms. The van der Waals surface area contributed by atoms with Crippen molar-refractivity contribution in [2.45, 2.75) is 18.5 Å². The minimum absolute atomic E-state index is 0.108. The highest BCUT2D eigenvalue weighted by Crippen LogP contribution is 2.25. The first-order chi connectivity index (χ1) is 8.58. The molecule has 2 N–H and O–H groups in total. The number of piperidine rings is 1. The molecule has 1 saturated heterocycles. The third kappa shape index (κ3) is 2.36. The van der Waals surface area contributed by atoms with E-state index in [1.54, 1.807) is 0 Å². The molecule has 0 saturated carbocycles. The van der Waals surface area contributed by atoms with Crippen LogP contribution in [0.4, 0.5) is 4.39 Å². The number of aliphatic hydroxyl groups excluding tert-OH is 1. The minimum atomic E-state index is -1.71. The first-order valence-corrected chi connectivity index (χ1v) is 5.76. The van der Waals surface area contributed by atoms with E-state index >= 15 is 0 Å². The number of hydrogen-bond acceptors (Lipinski definition) is 3. The van der Waals surface area contributed by atoms with Crippen LogP contribution < -0.4 is 0 Å². The fourth-order valence-corrected chi connectivity index (χ4v) is 2.14. The lowest BCUT2D eigenvalue weighted by atomic mass is 9.95. The number of aromatic nitrogens is 1. The molecule has 1 aromatic heterocycles. The molecule has 1 fully saturated rings. The van der Waals surface area contributed by atoms with E-state index in [4.69, 9.17) is 10.4 Å². The zero-order valence-corrected chi connectivity index (χ0v) is 9.82. The number of aromatic amines is 1. The van der Waals surface area contributed by atoms with E-state index in [-0.39, 0.29) is 24.6 Å². The van der Waals surface area contributed by atoms with Crippen molar-refractivity contribution in [1.82, 2.24) is 9.88 Å². The van der Waals surface area contributed by atoms with Crippen molar-refractivity contribution < 1.29 is 14.3 Å². The molecule has 0 spiro atoms. The Morgan fingerprint density at radius 2 is 2.44 bits per heavy atom. The van der Waals surface area contributed by atoms with Crippen LogP contribution in [-0.2, 0) is 0 Å². The molecular weight excluding hydrogens is 237 g/mol. The molecule has 1 amide bonds. The Balaban J connectivity index is 2.12. The highest BCUT2D eigenvalue weighted by molar-refractivity contribution is 5.92. The van der Waals surface area contributed by atoms with Gasteiger partial charge in [-0.2, -0.15) is 5.26 Å². The van der Waals surface area contributed by atoms with Crippen LogP contribution in [0.25, 0.3) is 0 Å². The maximum atomic E-state index is 14.0. The number of nitrogens with one attached hydrogen (secondary N) is 1. The number of carbonyl (C=O) groups excluding carboxylic acids is 1. The monoisotopic (exact) mass is 251 g/mol. The van der Waals surface area contributed by atoms with Gasteiger partial charge in [-0.15, -0.1) is 0 Å². The SMILES string of the molecule is N#Cc1ccc(C(=O)N2CCCC(F)(CO)C2)[nH]1. The summed E-state index contributed by atoms with van der Waals surface area (Å²) in [6.45, 7) is -0.223. The van der Waals surface area contributed by atoms with Gasteiger partial charge >= 0.3 is 0 Å². The van der Waals surface area contributed by atoms with E-state index in [0.717, 1.165) is 0 Å². The standard InChI is InChI=1S/C12H14FN3O2/c13-12(8-17)4-1-5-16(7-12)11(18)10-3-2-9(6-14)15-10/h2-3,15,17H,1,4-5,7-8H2. The Morgan fingerprint density at radius 1 is 1.67 bits per heavy atom. The van der Waals surface area contributed by atoms with Crippen molar-refractivity contribution in [3.05, 3.63) is 23.5 Å². The van der Waals surface area contributed by atoms with E-state index in [0.29, 0.717) is 18.7 Å². The van der Waals surface area contributed by atoms with Gasteiger partial charge in [-0.05, 0) is 25.0 Å². The van der Waals surface area contributed by atoms with Gasteiger partial charge in [0.2, 0.25) is 0 Å². The van der Waals surface area contributed by atoms with Crippen molar-refractivity contribution in [3.63, 3.8) is 0 Å². The summed E-state index contributed by atoms with van der Waals surface area (Å²) in [5, 5.41) is 17.7. The van der Waals surface area contributed by atoms with Crippen molar-refractivity contribution in [3.8, 4) is 6.07 Å². The van der Waals surface area contributed by atoms with E-state index in [1.165, 1.54) is 17.0 Å². The molecule has 1 atom stereocenters. The van der Waals surface area contributed by atoms with E-state index in [1.807, 2.05) is 6.07 Å². The molecular formula is C12H14FN3O2. The van der Waals surface area contributed by atoms with Gasteiger partial charge in [0.15, 0.2) is 5.67 Å². The third-order valence-electron chi connectivity index (χ3n) is 3.13. The Hall–Kier alpha value is -1.87. The minimum Gasteiger partial charge on any atom is -0.393 e. The highest BCUT2D eigenvalue weighted by Gasteiger charge is 2.37. The van der Waals surface area contributed by atoms with Gasteiger partial charge in [0.1, 0.15) is 17.5 Å². The molecule has 0 radical (unpaired) electrons. The lowest BCUT2D eigenvalue weighted by Crippen LogP contribution is -2.49. The van der Waals surface area contributed by atoms with Crippen LogP contribution in [0.2, 0.25) is 0 Å². The number of nitrogens with zero attached hydrogens (tertiary/aromatic N) is 2. The number of carbonyl (C=O) groups is 1. The molecule has 2 rings (SSSR count). The number of likely N-dealkylation sites (tertiary alicyclic amines) is 1. The molecule has 1 unspecified atom stereocenters. The second-order valence-corrected chi connectivity index (χ2v) is 4.54. The first kappa shape index (κ1) is 12.6. The lowest BCUT2D eigenvalue weighted by Gasteiger charge is -2.36.